The lowest BCUT2D eigenvalue weighted by Gasteiger charge is -2.26. The van der Waals surface area contributed by atoms with E-state index in [0.717, 1.165) is 39.3 Å². The number of nitrogens with zero attached hydrogens (tertiary/aromatic N) is 2. The zero-order valence-corrected chi connectivity index (χ0v) is 14.4. The molecule has 1 N–H and O–H groups in total. The Balaban J connectivity index is 2.05. The van der Waals surface area contributed by atoms with Crippen molar-refractivity contribution in [1.82, 2.24) is 10.2 Å². The van der Waals surface area contributed by atoms with Gasteiger partial charge in [-0.1, -0.05) is 0 Å². The van der Waals surface area contributed by atoms with Crippen LogP contribution in [0, 0.1) is 10.1 Å². The molecule has 25 heavy (non-hydrogen) atoms. The summed E-state index contributed by atoms with van der Waals surface area (Å²) in [4.78, 5) is 24.7. The largest absolute Gasteiger partial charge is 0.493 e. The average molecular weight is 353 g/mol. The molecule has 1 heterocycles. The van der Waals surface area contributed by atoms with Crippen molar-refractivity contribution in [3.63, 3.8) is 0 Å². The van der Waals surface area contributed by atoms with Crippen LogP contribution in [0.5, 0.6) is 11.5 Å². The standard InChI is InChI=1S/C16H23N3O6/c1-17-16(20)12-10-15(14(23-2)11-13(12)19(21)22)25-7-3-4-18-5-8-24-9-6-18/h10-11H,3-9H2,1-2H3,(H,17,20). The van der Waals surface area contributed by atoms with Gasteiger partial charge in [-0.05, 0) is 6.42 Å². The first-order valence-electron chi connectivity index (χ1n) is 8.08. The van der Waals surface area contributed by atoms with Crippen LogP contribution in [0.25, 0.3) is 0 Å². The summed E-state index contributed by atoms with van der Waals surface area (Å²) < 4.78 is 16.2. The molecule has 138 valence electrons. The maximum atomic E-state index is 11.9. The van der Waals surface area contributed by atoms with E-state index in [1.807, 2.05) is 0 Å². The molecule has 1 aliphatic heterocycles. The minimum absolute atomic E-state index is 0.0588. The van der Waals surface area contributed by atoms with Crippen molar-refractivity contribution in [2.75, 3.05) is 53.6 Å². The molecule has 0 aromatic heterocycles. The van der Waals surface area contributed by atoms with E-state index in [1.54, 1.807) is 0 Å². The molecule has 9 nitrogen and oxygen atoms in total. The Morgan fingerprint density at radius 3 is 2.68 bits per heavy atom. The van der Waals surface area contributed by atoms with Gasteiger partial charge in [0.05, 0.1) is 37.9 Å². The minimum Gasteiger partial charge on any atom is -0.493 e. The lowest BCUT2D eigenvalue weighted by atomic mass is 10.1. The van der Waals surface area contributed by atoms with Gasteiger partial charge in [0.1, 0.15) is 5.56 Å². The van der Waals surface area contributed by atoms with Gasteiger partial charge in [0.2, 0.25) is 0 Å². The van der Waals surface area contributed by atoms with E-state index in [9.17, 15) is 14.9 Å². The number of nitrogens with one attached hydrogen (secondary N) is 1. The number of hydrogen-bond donors (Lipinski definition) is 1. The second kappa shape index (κ2) is 9.19. The normalized spacial score (nSPS) is 14.8. The Hall–Kier alpha value is -2.39. The van der Waals surface area contributed by atoms with Crippen LogP contribution in [0.15, 0.2) is 12.1 Å². The lowest BCUT2D eigenvalue weighted by molar-refractivity contribution is -0.385. The van der Waals surface area contributed by atoms with Gasteiger partial charge >= 0.3 is 0 Å². The molecule has 0 aliphatic carbocycles. The third-order valence-corrected chi connectivity index (χ3v) is 3.93. The fourth-order valence-electron chi connectivity index (χ4n) is 2.58. The highest BCUT2D eigenvalue weighted by Crippen LogP contribution is 2.34. The Morgan fingerprint density at radius 2 is 2.08 bits per heavy atom. The molecule has 0 atom stereocenters. The Labute approximate surface area is 146 Å². The Kier molecular flexibility index (Phi) is 6.96. The molecule has 1 aliphatic rings. The molecular weight excluding hydrogens is 330 g/mol. The first kappa shape index (κ1) is 18.9. The second-order valence-electron chi connectivity index (χ2n) is 5.51. The summed E-state index contributed by atoms with van der Waals surface area (Å²) in [6.07, 6.45) is 0.787. The maximum Gasteiger partial charge on any atom is 0.286 e. The van der Waals surface area contributed by atoms with Crippen LogP contribution < -0.4 is 14.8 Å². The third-order valence-electron chi connectivity index (χ3n) is 3.93. The molecule has 9 heteroatoms. The van der Waals surface area contributed by atoms with E-state index in [2.05, 4.69) is 10.2 Å². The summed E-state index contributed by atoms with van der Waals surface area (Å²) in [7, 11) is 2.82. The molecule has 0 bridgehead atoms. The number of rotatable bonds is 8. The van der Waals surface area contributed by atoms with Gasteiger partial charge in [0.15, 0.2) is 11.5 Å². The zero-order valence-electron chi connectivity index (χ0n) is 14.4. The number of methoxy groups -OCH3 is 1. The Bertz CT molecular complexity index is 616. The molecule has 0 unspecified atom stereocenters. The number of morpholine rings is 1. The summed E-state index contributed by atoms with van der Waals surface area (Å²) >= 11 is 0. The molecule has 0 saturated carbocycles. The third kappa shape index (κ3) is 5.04. The second-order valence-corrected chi connectivity index (χ2v) is 5.51. The van der Waals surface area contributed by atoms with Crippen LogP contribution in [-0.4, -0.2) is 69.3 Å². The molecule has 0 radical (unpaired) electrons. The SMILES string of the molecule is CNC(=O)c1cc(OCCCN2CCOCC2)c(OC)cc1[N+](=O)[O-]. The van der Waals surface area contributed by atoms with Crippen molar-refractivity contribution in [1.29, 1.82) is 0 Å². The van der Waals surface area contributed by atoms with Crippen molar-refractivity contribution in [3.05, 3.63) is 27.8 Å². The summed E-state index contributed by atoms with van der Waals surface area (Å²) in [5.41, 5.74) is -0.381. The van der Waals surface area contributed by atoms with Crippen LogP contribution >= 0.6 is 0 Å². The van der Waals surface area contributed by atoms with Gasteiger partial charge in [0, 0.05) is 32.7 Å². The molecule has 1 aromatic rings. The number of ether oxygens (including phenoxy) is 3. The van der Waals surface area contributed by atoms with Crippen molar-refractivity contribution >= 4 is 11.6 Å². The first-order valence-corrected chi connectivity index (χ1v) is 8.08. The molecule has 2 rings (SSSR count). The minimum atomic E-state index is -0.616. The fraction of sp³-hybridized carbons (Fsp3) is 0.562. The monoisotopic (exact) mass is 353 g/mol. The predicted molar refractivity (Wildman–Crippen MR) is 90.4 cm³/mol. The lowest BCUT2D eigenvalue weighted by Crippen LogP contribution is -2.37. The summed E-state index contributed by atoms with van der Waals surface area (Å²) in [6.45, 7) is 4.59. The predicted octanol–water partition coefficient (Wildman–Crippen LogP) is 1.06. The quantitative estimate of drug-likeness (QED) is 0.423. The number of carbonyl (C=O) groups excluding carboxylic acids is 1. The van der Waals surface area contributed by atoms with Crippen LogP contribution in [0.4, 0.5) is 5.69 Å². The van der Waals surface area contributed by atoms with E-state index in [4.69, 9.17) is 14.2 Å². The van der Waals surface area contributed by atoms with Gasteiger partial charge in [-0.3, -0.25) is 19.8 Å². The van der Waals surface area contributed by atoms with Gasteiger partial charge < -0.3 is 19.5 Å². The number of nitro groups is 1. The fourth-order valence-corrected chi connectivity index (χ4v) is 2.58. The van der Waals surface area contributed by atoms with Crippen molar-refractivity contribution in [3.8, 4) is 11.5 Å². The number of nitro benzene ring substituents is 1. The number of amides is 1. The highest BCUT2D eigenvalue weighted by atomic mass is 16.6. The van der Waals surface area contributed by atoms with Crippen LogP contribution in [0.2, 0.25) is 0 Å². The Morgan fingerprint density at radius 1 is 1.36 bits per heavy atom. The van der Waals surface area contributed by atoms with Crippen molar-refractivity contribution < 1.29 is 23.9 Å². The average Bonchev–Trinajstić information content (AvgIpc) is 2.64. The molecular formula is C16H23N3O6. The summed E-state index contributed by atoms with van der Waals surface area (Å²) in [6, 6.07) is 2.56. The summed E-state index contributed by atoms with van der Waals surface area (Å²) in [5.74, 6) is -0.00748. The van der Waals surface area contributed by atoms with E-state index < -0.39 is 10.8 Å². The first-order chi connectivity index (χ1) is 12.1. The number of hydrogen-bond acceptors (Lipinski definition) is 7. The van der Waals surface area contributed by atoms with Gasteiger partial charge in [-0.15, -0.1) is 0 Å². The van der Waals surface area contributed by atoms with E-state index in [0.29, 0.717) is 12.4 Å². The molecule has 1 amide bonds. The number of carbonyl (C=O) groups is 1. The molecule has 1 fully saturated rings. The van der Waals surface area contributed by atoms with Crippen LogP contribution in [0.1, 0.15) is 16.8 Å². The van der Waals surface area contributed by atoms with E-state index in [-0.39, 0.29) is 17.0 Å². The van der Waals surface area contributed by atoms with E-state index in [1.165, 1.54) is 26.3 Å². The van der Waals surface area contributed by atoms with E-state index >= 15 is 0 Å². The molecule has 0 spiro atoms. The highest BCUT2D eigenvalue weighted by molar-refractivity contribution is 5.98. The van der Waals surface area contributed by atoms with Gasteiger partial charge in [-0.2, -0.15) is 0 Å². The van der Waals surface area contributed by atoms with Crippen LogP contribution in [-0.2, 0) is 4.74 Å². The number of benzene rings is 1. The molecule has 1 saturated heterocycles. The van der Waals surface area contributed by atoms with Gasteiger partial charge in [0.25, 0.3) is 11.6 Å². The van der Waals surface area contributed by atoms with Gasteiger partial charge in [-0.25, -0.2) is 0 Å². The zero-order chi connectivity index (χ0) is 18.2. The smallest absolute Gasteiger partial charge is 0.286 e. The van der Waals surface area contributed by atoms with Crippen molar-refractivity contribution in [2.24, 2.45) is 0 Å². The summed E-state index contributed by atoms with van der Waals surface area (Å²) in [5, 5.41) is 13.6. The maximum absolute atomic E-state index is 11.9. The highest BCUT2D eigenvalue weighted by Gasteiger charge is 2.24. The topological polar surface area (TPSA) is 103 Å². The van der Waals surface area contributed by atoms with Crippen molar-refractivity contribution in [2.45, 2.75) is 6.42 Å². The molecule has 1 aromatic carbocycles. The van der Waals surface area contributed by atoms with Crippen LogP contribution in [0.3, 0.4) is 0 Å².